The lowest BCUT2D eigenvalue weighted by Crippen LogP contribution is -2.30. The predicted octanol–water partition coefficient (Wildman–Crippen LogP) is 2.09. The van der Waals surface area contributed by atoms with Gasteiger partial charge in [-0.15, -0.1) is 0 Å². The highest BCUT2D eigenvalue weighted by Crippen LogP contribution is 2.30. The molecule has 1 aliphatic carbocycles. The minimum Gasteiger partial charge on any atom is -0.462 e. The van der Waals surface area contributed by atoms with Gasteiger partial charge in [0.1, 0.15) is 6.10 Å². The monoisotopic (exact) mass is 213 g/mol. The molecule has 1 aliphatic rings. The predicted molar refractivity (Wildman–Crippen MR) is 60.3 cm³/mol. The zero-order valence-electron chi connectivity index (χ0n) is 10.0. The van der Waals surface area contributed by atoms with Crippen molar-refractivity contribution in [1.82, 2.24) is 0 Å². The molecule has 3 nitrogen and oxygen atoms in total. The van der Waals surface area contributed by atoms with Crippen LogP contribution in [0.25, 0.3) is 0 Å². The maximum absolute atomic E-state index is 11.4. The van der Waals surface area contributed by atoms with Crippen LogP contribution in [0.2, 0.25) is 0 Å². The molecule has 0 bridgehead atoms. The Hall–Kier alpha value is -0.570. The number of carbonyl (C=O) groups excluding carboxylic acids is 1. The Bertz CT molecular complexity index is 206. The van der Waals surface area contributed by atoms with E-state index < -0.39 is 0 Å². The van der Waals surface area contributed by atoms with E-state index in [1.165, 1.54) is 6.42 Å². The maximum Gasteiger partial charge on any atom is 0.307 e. The minimum absolute atomic E-state index is 0.101. The van der Waals surface area contributed by atoms with Crippen molar-refractivity contribution in [3.63, 3.8) is 0 Å². The van der Waals surface area contributed by atoms with Crippen LogP contribution in [0.15, 0.2) is 0 Å². The molecule has 0 saturated heterocycles. The van der Waals surface area contributed by atoms with Gasteiger partial charge in [-0.3, -0.25) is 4.79 Å². The molecule has 0 radical (unpaired) electrons. The molecular weight excluding hydrogens is 190 g/mol. The summed E-state index contributed by atoms with van der Waals surface area (Å²) in [6, 6.07) is -0.101. The molecule has 0 heterocycles. The first kappa shape index (κ1) is 12.5. The number of esters is 1. The third kappa shape index (κ3) is 4.65. The fourth-order valence-electron chi connectivity index (χ4n) is 2.47. The number of ether oxygens (including phenoxy) is 1. The minimum atomic E-state index is -0.142. The van der Waals surface area contributed by atoms with Gasteiger partial charge in [0.2, 0.25) is 0 Å². The quantitative estimate of drug-likeness (QED) is 0.730. The van der Waals surface area contributed by atoms with Gasteiger partial charge in [-0.25, -0.2) is 0 Å². The fourth-order valence-corrected chi connectivity index (χ4v) is 2.47. The Labute approximate surface area is 92.4 Å². The second-order valence-corrected chi connectivity index (χ2v) is 5.21. The van der Waals surface area contributed by atoms with Crippen LogP contribution in [-0.4, -0.2) is 18.1 Å². The normalized spacial score (nSPS) is 33.5. The van der Waals surface area contributed by atoms with Gasteiger partial charge < -0.3 is 10.5 Å². The van der Waals surface area contributed by atoms with Crippen LogP contribution in [0, 0.1) is 11.8 Å². The largest absolute Gasteiger partial charge is 0.462 e. The molecule has 1 rings (SSSR count). The van der Waals surface area contributed by atoms with E-state index in [9.17, 15) is 4.79 Å². The summed E-state index contributed by atoms with van der Waals surface area (Å²) in [6.45, 7) is 6.28. The molecule has 15 heavy (non-hydrogen) atoms. The summed E-state index contributed by atoms with van der Waals surface area (Å²) in [5, 5.41) is 0. The van der Waals surface area contributed by atoms with Crippen LogP contribution in [0.4, 0.5) is 0 Å². The van der Waals surface area contributed by atoms with Crippen molar-refractivity contribution in [2.75, 3.05) is 0 Å². The van der Waals surface area contributed by atoms with Crippen LogP contribution in [0.3, 0.4) is 0 Å². The van der Waals surface area contributed by atoms with Crippen LogP contribution < -0.4 is 5.73 Å². The lowest BCUT2D eigenvalue weighted by molar-refractivity contribution is -0.152. The Morgan fingerprint density at radius 2 is 1.87 bits per heavy atom. The third-order valence-electron chi connectivity index (χ3n) is 2.92. The first-order chi connectivity index (χ1) is 6.97. The molecule has 88 valence electrons. The summed E-state index contributed by atoms with van der Waals surface area (Å²) < 4.78 is 5.42. The first-order valence-corrected chi connectivity index (χ1v) is 5.92. The zero-order chi connectivity index (χ0) is 11.4. The molecule has 0 spiro atoms. The van der Waals surface area contributed by atoms with E-state index in [-0.39, 0.29) is 18.1 Å². The van der Waals surface area contributed by atoms with Gasteiger partial charge in [0.25, 0.3) is 0 Å². The Balaban J connectivity index is 2.34. The van der Waals surface area contributed by atoms with E-state index in [2.05, 4.69) is 13.8 Å². The van der Waals surface area contributed by atoms with E-state index in [0.717, 1.165) is 12.8 Å². The van der Waals surface area contributed by atoms with E-state index in [4.69, 9.17) is 10.5 Å². The van der Waals surface area contributed by atoms with Gasteiger partial charge >= 0.3 is 5.97 Å². The molecule has 0 aromatic carbocycles. The number of nitrogens with two attached hydrogens (primary N) is 1. The molecule has 0 aromatic rings. The van der Waals surface area contributed by atoms with Crippen molar-refractivity contribution < 1.29 is 9.53 Å². The van der Waals surface area contributed by atoms with Gasteiger partial charge in [-0.05, 0) is 38.0 Å². The molecule has 2 N–H and O–H groups in total. The summed E-state index contributed by atoms with van der Waals surface area (Å²) in [5.74, 6) is 1.19. The first-order valence-electron chi connectivity index (χ1n) is 5.92. The van der Waals surface area contributed by atoms with E-state index in [1.54, 1.807) is 0 Å². The lowest BCUT2D eigenvalue weighted by atomic mass is 9.82. The van der Waals surface area contributed by atoms with Gasteiger partial charge in [-0.2, -0.15) is 0 Å². The Morgan fingerprint density at radius 3 is 2.33 bits per heavy atom. The van der Waals surface area contributed by atoms with E-state index in [0.29, 0.717) is 18.3 Å². The van der Waals surface area contributed by atoms with E-state index in [1.807, 2.05) is 6.92 Å². The Morgan fingerprint density at radius 1 is 1.33 bits per heavy atom. The second-order valence-electron chi connectivity index (χ2n) is 5.21. The molecule has 0 aliphatic heterocycles. The van der Waals surface area contributed by atoms with E-state index >= 15 is 0 Å². The molecule has 3 atom stereocenters. The number of rotatable bonds is 3. The van der Waals surface area contributed by atoms with Crippen molar-refractivity contribution in [3.8, 4) is 0 Å². The number of hydrogen-bond acceptors (Lipinski definition) is 3. The number of carbonyl (C=O) groups is 1. The number of hydrogen-bond donors (Lipinski definition) is 1. The lowest BCUT2D eigenvalue weighted by Gasteiger charge is -2.31. The molecule has 3 unspecified atom stereocenters. The SMILES string of the molecule is CC(N)CC(=O)OC1CC(C)CC(C)C1. The maximum atomic E-state index is 11.4. The van der Waals surface area contributed by atoms with Gasteiger partial charge in [0, 0.05) is 6.04 Å². The van der Waals surface area contributed by atoms with Crippen LogP contribution in [0.5, 0.6) is 0 Å². The third-order valence-corrected chi connectivity index (χ3v) is 2.92. The zero-order valence-corrected chi connectivity index (χ0v) is 10.0. The highest BCUT2D eigenvalue weighted by molar-refractivity contribution is 5.70. The van der Waals surface area contributed by atoms with Gasteiger partial charge in [0.15, 0.2) is 0 Å². The van der Waals surface area contributed by atoms with Crippen molar-refractivity contribution in [2.24, 2.45) is 17.6 Å². The fraction of sp³-hybridized carbons (Fsp3) is 0.917. The van der Waals surface area contributed by atoms with Crippen LogP contribution in [-0.2, 0) is 9.53 Å². The summed E-state index contributed by atoms with van der Waals surface area (Å²) >= 11 is 0. The average molecular weight is 213 g/mol. The highest BCUT2D eigenvalue weighted by atomic mass is 16.5. The summed E-state index contributed by atoms with van der Waals surface area (Å²) in [5.41, 5.74) is 5.55. The van der Waals surface area contributed by atoms with Gasteiger partial charge in [0.05, 0.1) is 6.42 Å². The molecule has 0 amide bonds. The van der Waals surface area contributed by atoms with Crippen LogP contribution >= 0.6 is 0 Å². The molecule has 1 fully saturated rings. The summed E-state index contributed by atoms with van der Waals surface area (Å²) in [4.78, 5) is 11.4. The molecular formula is C12H23NO2. The standard InChI is InChI=1S/C12H23NO2/c1-8-4-9(2)6-11(5-8)15-12(14)7-10(3)13/h8-11H,4-7,13H2,1-3H3. The summed E-state index contributed by atoms with van der Waals surface area (Å²) in [7, 11) is 0. The molecule has 3 heteroatoms. The second kappa shape index (κ2) is 5.50. The smallest absolute Gasteiger partial charge is 0.307 e. The van der Waals surface area contributed by atoms with Crippen LogP contribution in [0.1, 0.15) is 46.5 Å². The Kier molecular flexibility index (Phi) is 4.58. The topological polar surface area (TPSA) is 52.3 Å². The van der Waals surface area contributed by atoms with Gasteiger partial charge in [-0.1, -0.05) is 13.8 Å². The molecule has 1 saturated carbocycles. The average Bonchev–Trinajstić information content (AvgIpc) is 1.98. The highest BCUT2D eigenvalue weighted by Gasteiger charge is 2.26. The molecule has 0 aromatic heterocycles. The van der Waals surface area contributed by atoms with Crippen molar-refractivity contribution in [2.45, 2.75) is 58.6 Å². The van der Waals surface area contributed by atoms with Crippen molar-refractivity contribution in [1.29, 1.82) is 0 Å². The van der Waals surface area contributed by atoms with Crippen molar-refractivity contribution in [3.05, 3.63) is 0 Å². The van der Waals surface area contributed by atoms with Crippen molar-refractivity contribution >= 4 is 5.97 Å². The summed E-state index contributed by atoms with van der Waals surface area (Å²) in [6.07, 6.45) is 3.72.